The summed E-state index contributed by atoms with van der Waals surface area (Å²) in [7, 11) is 0. The fourth-order valence-corrected chi connectivity index (χ4v) is 1.67. The lowest BCUT2D eigenvalue weighted by Crippen LogP contribution is -2.31. The number of carbonyl (C=O) groups excluding carboxylic acids is 1. The standard InChI is InChI=1S/C13H19FN2O/c1-3-5-6-16(4-2)13(17)10-7-11(14)9-12(15)8-10/h7-9H,3-6,15H2,1-2H3. The number of nitrogens with two attached hydrogens (primary N) is 1. The normalized spacial score (nSPS) is 10.3. The maximum atomic E-state index is 13.2. The molecular formula is C13H19FN2O. The van der Waals surface area contributed by atoms with Gasteiger partial charge in [-0.2, -0.15) is 0 Å². The van der Waals surface area contributed by atoms with Crippen LogP contribution in [0.25, 0.3) is 0 Å². The van der Waals surface area contributed by atoms with Crippen LogP contribution in [0.4, 0.5) is 10.1 Å². The molecule has 1 rings (SSSR count). The molecule has 17 heavy (non-hydrogen) atoms. The molecule has 1 aromatic rings. The molecule has 1 aromatic carbocycles. The van der Waals surface area contributed by atoms with Crippen LogP contribution < -0.4 is 5.73 Å². The number of nitrogens with zero attached hydrogens (tertiary/aromatic N) is 1. The van der Waals surface area contributed by atoms with Gasteiger partial charge >= 0.3 is 0 Å². The Morgan fingerprint density at radius 1 is 1.35 bits per heavy atom. The lowest BCUT2D eigenvalue weighted by Gasteiger charge is -2.20. The molecule has 0 atom stereocenters. The zero-order chi connectivity index (χ0) is 12.8. The summed E-state index contributed by atoms with van der Waals surface area (Å²) in [5.41, 5.74) is 6.13. The molecular weight excluding hydrogens is 219 g/mol. The molecule has 2 N–H and O–H groups in total. The van der Waals surface area contributed by atoms with Gasteiger partial charge in [0.1, 0.15) is 5.82 Å². The van der Waals surface area contributed by atoms with Crippen molar-refractivity contribution in [2.24, 2.45) is 0 Å². The highest BCUT2D eigenvalue weighted by Gasteiger charge is 2.14. The summed E-state index contributed by atoms with van der Waals surface area (Å²) in [6.07, 6.45) is 1.97. The number of hydrogen-bond donors (Lipinski definition) is 1. The van der Waals surface area contributed by atoms with Gasteiger partial charge in [-0.05, 0) is 31.5 Å². The van der Waals surface area contributed by atoms with Gasteiger partial charge in [-0.1, -0.05) is 13.3 Å². The summed E-state index contributed by atoms with van der Waals surface area (Å²) in [6, 6.07) is 3.95. The third kappa shape index (κ3) is 3.73. The predicted molar refractivity (Wildman–Crippen MR) is 67.3 cm³/mol. The largest absolute Gasteiger partial charge is 0.399 e. The number of rotatable bonds is 5. The van der Waals surface area contributed by atoms with E-state index in [0.29, 0.717) is 18.7 Å². The topological polar surface area (TPSA) is 46.3 Å². The van der Waals surface area contributed by atoms with Gasteiger partial charge in [0.05, 0.1) is 0 Å². The van der Waals surface area contributed by atoms with Crippen molar-refractivity contribution in [2.45, 2.75) is 26.7 Å². The molecule has 0 aliphatic rings. The van der Waals surface area contributed by atoms with E-state index in [9.17, 15) is 9.18 Å². The van der Waals surface area contributed by atoms with Gasteiger partial charge in [0, 0.05) is 24.3 Å². The van der Waals surface area contributed by atoms with Gasteiger partial charge in [-0.25, -0.2) is 4.39 Å². The van der Waals surface area contributed by atoms with Crippen LogP contribution in [0.3, 0.4) is 0 Å². The first-order valence-electron chi connectivity index (χ1n) is 5.93. The molecule has 0 saturated heterocycles. The summed E-state index contributed by atoms with van der Waals surface area (Å²) < 4.78 is 13.2. The molecule has 0 saturated carbocycles. The number of unbranched alkanes of at least 4 members (excludes halogenated alkanes) is 1. The van der Waals surface area contributed by atoms with E-state index in [1.165, 1.54) is 18.2 Å². The van der Waals surface area contributed by atoms with Crippen LogP contribution in [0.5, 0.6) is 0 Å². The van der Waals surface area contributed by atoms with Crippen molar-refractivity contribution in [1.82, 2.24) is 4.90 Å². The number of carbonyl (C=O) groups is 1. The fourth-order valence-electron chi connectivity index (χ4n) is 1.67. The molecule has 1 amide bonds. The number of amides is 1. The predicted octanol–water partition coefficient (Wildman–Crippen LogP) is 2.67. The average Bonchev–Trinajstić information content (AvgIpc) is 2.28. The number of nitrogen functional groups attached to an aromatic ring is 1. The first kappa shape index (κ1) is 13.5. The number of halogens is 1. The highest BCUT2D eigenvalue weighted by Crippen LogP contribution is 2.13. The van der Waals surface area contributed by atoms with Crippen molar-refractivity contribution in [3.63, 3.8) is 0 Å². The van der Waals surface area contributed by atoms with Crippen LogP contribution >= 0.6 is 0 Å². The Balaban J connectivity index is 2.85. The first-order valence-corrected chi connectivity index (χ1v) is 5.93. The van der Waals surface area contributed by atoms with Gasteiger partial charge < -0.3 is 10.6 Å². The van der Waals surface area contributed by atoms with E-state index in [-0.39, 0.29) is 11.6 Å². The molecule has 0 aliphatic heterocycles. The Kier molecular flexibility index (Phi) is 4.94. The minimum atomic E-state index is -0.472. The van der Waals surface area contributed by atoms with Gasteiger partial charge in [0.25, 0.3) is 5.91 Å². The van der Waals surface area contributed by atoms with Crippen molar-refractivity contribution in [1.29, 1.82) is 0 Å². The quantitative estimate of drug-likeness (QED) is 0.802. The Morgan fingerprint density at radius 3 is 2.59 bits per heavy atom. The van der Waals surface area contributed by atoms with Crippen LogP contribution in [0, 0.1) is 5.82 Å². The van der Waals surface area contributed by atoms with Crippen molar-refractivity contribution in [2.75, 3.05) is 18.8 Å². The second-order valence-corrected chi connectivity index (χ2v) is 4.01. The van der Waals surface area contributed by atoms with Gasteiger partial charge in [0.15, 0.2) is 0 Å². The van der Waals surface area contributed by atoms with Crippen LogP contribution in [-0.4, -0.2) is 23.9 Å². The minimum Gasteiger partial charge on any atom is -0.399 e. The monoisotopic (exact) mass is 238 g/mol. The molecule has 0 unspecified atom stereocenters. The molecule has 0 radical (unpaired) electrons. The molecule has 0 fully saturated rings. The van der Waals surface area contributed by atoms with Crippen LogP contribution in [0.2, 0.25) is 0 Å². The number of anilines is 1. The van der Waals surface area contributed by atoms with Crippen molar-refractivity contribution >= 4 is 11.6 Å². The summed E-state index contributed by atoms with van der Waals surface area (Å²) in [6.45, 7) is 5.30. The Hall–Kier alpha value is -1.58. The molecule has 0 spiro atoms. The third-order valence-electron chi connectivity index (χ3n) is 2.62. The molecule has 3 nitrogen and oxygen atoms in total. The Labute approximate surface area is 101 Å². The number of hydrogen-bond acceptors (Lipinski definition) is 2. The zero-order valence-electron chi connectivity index (χ0n) is 10.4. The lowest BCUT2D eigenvalue weighted by atomic mass is 10.1. The highest BCUT2D eigenvalue weighted by molar-refractivity contribution is 5.95. The van der Waals surface area contributed by atoms with Crippen LogP contribution in [0.1, 0.15) is 37.0 Å². The fraction of sp³-hybridized carbons (Fsp3) is 0.462. The number of benzene rings is 1. The lowest BCUT2D eigenvalue weighted by molar-refractivity contribution is 0.0762. The Morgan fingerprint density at radius 2 is 2.06 bits per heavy atom. The summed E-state index contributed by atoms with van der Waals surface area (Å²) in [5.74, 6) is -0.632. The SMILES string of the molecule is CCCCN(CC)C(=O)c1cc(N)cc(F)c1. The van der Waals surface area contributed by atoms with Gasteiger partial charge in [0.2, 0.25) is 0 Å². The highest BCUT2D eigenvalue weighted by atomic mass is 19.1. The molecule has 0 bridgehead atoms. The maximum Gasteiger partial charge on any atom is 0.254 e. The maximum absolute atomic E-state index is 13.2. The minimum absolute atomic E-state index is 0.160. The average molecular weight is 238 g/mol. The van der Waals surface area contributed by atoms with E-state index < -0.39 is 5.82 Å². The summed E-state index contributed by atoms with van der Waals surface area (Å²) in [4.78, 5) is 13.8. The molecule has 4 heteroatoms. The summed E-state index contributed by atoms with van der Waals surface area (Å²) >= 11 is 0. The second kappa shape index (κ2) is 6.23. The summed E-state index contributed by atoms with van der Waals surface area (Å²) in [5, 5.41) is 0. The van der Waals surface area contributed by atoms with E-state index in [2.05, 4.69) is 6.92 Å². The van der Waals surface area contributed by atoms with Crippen molar-refractivity contribution in [3.8, 4) is 0 Å². The van der Waals surface area contributed by atoms with E-state index in [1.807, 2.05) is 6.92 Å². The third-order valence-corrected chi connectivity index (χ3v) is 2.62. The molecule has 0 aromatic heterocycles. The molecule has 0 aliphatic carbocycles. The zero-order valence-corrected chi connectivity index (χ0v) is 10.4. The van der Waals surface area contributed by atoms with Gasteiger partial charge in [-0.3, -0.25) is 4.79 Å². The van der Waals surface area contributed by atoms with Crippen LogP contribution in [-0.2, 0) is 0 Å². The van der Waals surface area contributed by atoms with E-state index in [1.54, 1.807) is 4.90 Å². The van der Waals surface area contributed by atoms with E-state index >= 15 is 0 Å². The molecule has 94 valence electrons. The van der Waals surface area contributed by atoms with Crippen molar-refractivity contribution in [3.05, 3.63) is 29.6 Å². The van der Waals surface area contributed by atoms with E-state index in [4.69, 9.17) is 5.73 Å². The van der Waals surface area contributed by atoms with Crippen LogP contribution in [0.15, 0.2) is 18.2 Å². The smallest absolute Gasteiger partial charge is 0.254 e. The molecule has 0 heterocycles. The van der Waals surface area contributed by atoms with E-state index in [0.717, 1.165) is 12.8 Å². The van der Waals surface area contributed by atoms with Gasteiger partial charge in [-0.15, -0.1) is 0 Å². The Bertz CT molecular complexity index is 373. The second-order valence-electron chi connectivity index (χ2n) is 4.01. The van der Waals surface area contributed by atoms with Crippen molar-refractivity contribution < 1.29 is 9.18 Å². The first-order chi connectivity index (χ1) is 8.08.